The lowest BCUT2D eigenvalue weighted by Crippen LogP contribution is -1.91. The van der Waals surface area contributed by atoms with Crippen LogP contribution in [0.1, 0.15) is 11.1 Å². The van der Waals surface area contributed by atoms with Gasteiger partial charge >= 0.3 is 0 Å². The number of aryl methyl sites for hydroxylation is 1. The standard InChI is InChI=1S/C14H11BrClFO/c1-9-2-5-14(10(6-9)8-15)18-11-3-4-13(17)12(16)7-11/h2-7H,8H2,1H3. The van der Waals surface area contributed by atoms with Crippen molar-refractivity contribution in [2.24, 2.45) is 0 Å². The molecule has 0 spiro atoms. The van der Waals surface area contributed by atoms with Crippen molar-refractivity contribution in [1.82, 2.24) is 0 Å². The second kappa shape index (κ2) is 5.72. The first-order valence-electron chi connectivity index (χ1n) is 5.38. The van der Waals surface area contributed by atoms with Gasteiger partial charge in [0.25, 0.3) is 0 Å². The van der Waals surface area contributed by atoms with Gasteiger partial charge in [-0.15, -0.1) is 0 Å². The van der Waals surface area contributed by atoms with Gasteiger partial charge in [-0.05, 0) is 25.1 Å². The summed E-state index contributed by atoms with van der Waals surface area (Å²) in [5.41, 5.74) is 2.20. The molecule has 0 saturated carbocycles. The highest BCUT2D eigenvalue weighted by atomic mass is 79.9. The Morgan fingerprint density at radius 3 is 2.67 bits per heavy atom. The van der Waals surface area contributed by atoms with Crippen LogP contribution in [0.15, 0.2) is 36.4 Å². The Kier molecular flexibility index (Phi) is 4.25. The maximum Gasteiger partial charge on any atom is 0.142 e. The van der Waals surface area contributed by atoms with Crippen molar-refractivity contribution >= 4 is 27.5 Å². The van der Waals surface area contributed by atoms with E-state index in [9.17, 15) is 4.39 Å². The first-order chi connectivity index (χ1) is 8.60. The van der Waals surface area contributed by atoms with Gasteiger partial charge in [-0.1, -0.05) is 45.2 Å². The van der Waals surface area contributed by atoms with Crippen LogP contribution in [0.25, 0.3) is 0 Å². The molecule has 4 heteroatoms. The lowest BCUT2D eigenvalue weighted by molar-refractivity contribution is 0.476. The van der Waals surface area contributed by atoms with E-state index in [0.717, 1.165) is 16.9 Å². The van der Waals surface area contributed by atoms with Crippen LogP contribution in [-0.2, 0) is 5.33 Å². The highest BCUT2D eigenvalue weighted by Crippen LogP contribution is 2.30. The highest BCUT2D eigenvalue weighted by molar-refractivity contribution is 9.08. The molecule has 2 aromatic carbocycles. The predicted octanol–water partition coefficient (Wildman–Crippen LogP) is 5.47. The van der Waals surface area contributed by atoms with E-state index < -0.39 is 5.82 Å². The summed E-state index contributed by atoms with van der Waals surface area (Å²) >= 11 is 9.13. The van der Waals surface area contributed by atoms with E-state index in [1.165, 1.54) is 12.1 Å². The van der Waals surface area contributed by atoms with Crippen LogP contribution < -0.4 is 4.74 Å². The number of halogens is 3. The second-order valence-corrected chi connectivity index (χ2v) is 4.89. The molecule has 0 atom stereocenters. The van der Waals surface area contributed by atoms with Gasteiger partial charge in [0.2, 0.25) is 0 Å². The Hall–Kier alpha value is -1.06. The summed E-state index contributed by atoms with van der Waals surface area (Å²) < 4.78 is 18.8. The SMILES string of the molecule is Cc1ccc(Oc2ccc(F)c(Cl)c2)c(CBr)c1. The molecular formula is C14H11BrClFO. The van der Waals surface area contributed by atoms with E-state index >= 15 is 0 Å². The van der Waals surface area contributed by atoms with Crippen LogP contribution in [0, 0.1) is 12.7 Å². The summed E-state index contributed by atoms with van der Waals surface area (Å²) in [4.78, 5) is 0. The molecule has 18 heavy (non-hydrogen) atoms. The monoisotopic (exact) mass is 328 g/mol. The van der Waals surface area contributed by atoms with Crippen LogP contribution in [0.3, 0.4) is 0 Å². The first kappa shape index (κ1) is 13.4. The van der Waals surface area contributed by atoms with Crippen LogP contribution >= 0.6 is 27.5 Å². The molecular weight excluding hydrogens is 319 g/mol. The molecule has 2 aromatic rings. The summed E-state index contributed by atoms with van der Waals surface area (Å²) in [5, 5.41) is 0.749. The van der Waals surface area contributed by atoms with Crippen LogP contribution in [0.5, 0.6) is 11.5 Å². The molecule has 0 bridgehead atoms. The lowest BCUT2D eigenvalue weighted by Gasteiger charge is -2.10. The number of hydrogen-bond acceptors (Lipinski definition) is 1. The van der Waals surface area contributed by atoms with Crippen molar-refractivity contribution in [1.29, 1.82) is 0 Å². The van der Waals surface area contributed by atoms with E-state index in [1.54, 1.807) is 6.07 Å². The number of hydrogen-bond donors (Lipinski definition) is 0. The van der Waals surface area contributed by atoms with Crippen molar-refractivity contribution in [2.75, 3.05) is 0 Å². The minimum Gasteiger partial charge on any atom is -0.457 e. The summed E-state index contributed by atoms with van der Waals surface area (Å²) in [6, 6.07) is 10.2. The van der Waals surface area contributed by atoms with Gasteiger partial charge in [-0.25, -0.2) is 4.39 Å². The van der Waals surface area contributed by atoms with Gasteiger partial charge in [0.1, 0.15) is 17.3 Å². The van der Waals surface area contributed by atoms with Crippen molar-refractivity contribution < 1.29 is 9.13 Å². The third kappa shape index (κ3) is 3.03. The molecule has 0 amide bonds. The van der Waals surface area contributed by atoms with Gasteiger partial charge in [0.05, 0.1) is 5.02 Å². The maximum atomic E-state index is 13.0. The minimum atomic E-state index is -0.450. The summed E-state index contributed by atoms with van der Waals surface area (Å²) in [6.45, 7) is 2.02. The Bertz CT molecular complexity index is 572. The summed E-state index contributed by atoms with van der Waals surface area (Å²) in [7, 11) is 0. The zero-order valence-electron chi connectivity index (χ0n) is 9.71. The van der Waals surface area contributed by atoms with Gasteiger partial charge < -0.3 is 4.74 Å². The summed E-state index contributed by atoms with van der Waals surface area (Å²) in [6.07, 6.45) is 0. The number of benzene rings is 2. The van der Waals surface area contributed by atoms with E-state index in [-0.39, 0.29) is 5.02 Å². The van der Waals surface area contributed by atoms with Gasteiger partial charge in [0, 0.05) is 17.0 Å². The van der Waals surface area contributed by atoms with Gasteiger partial charge in [0.15, 0.2) is 0 Å². The zero-order chi connectivity index (χ0) is 13.1. The molecule has 0 aliphatic carbocycles. The molecule has 0 aromatic heterocycles. The van der Waals surface area contributed by atoms with E-state index in [2.05, 4.69) is 15.9 Å². The fourth-order valence-corrected chi connectivity index (χ4v) is 2.19. The molecule has 0 radical (unpaired) electrons. The number of rotatable bonds is 3. The van der Waals surface area contributed by atoms with Crippen molar-refractivity contribution in [3.63, 3.8) is 0 Å². The maximum absolute atomic E-state index is 13.0. The van der Waals surface area contributed by atoms with Crippen LogP contribution in [0.2, 0.25) is 5.02 Å². The number of alkyl halides is 1. The van der Waals surface area contributed by atoms with E-state index in [4.69, 9.17) is 16.3 Å². The average molecular weight is 330 g/mol. The molecule has 2 rings (SSSR count). The average Bonchev–Trinajstić information content (AvgIpc) is 2.36. The molecule has 1 nitrogen and oxygen atoms in total. The largest absolute Gasteiger partial charge is 0.457 e. The fourth-order valence-electron chi connectivity index (χ4n) is 1.58. The first-order valence-corrected chi connectivity index (χ1v) is 6.88. The lowest BCUT2D eigenvalue weighted by atomic mass is 10.1. The Morgan fingerprint density at radius 1 is 1.22 bits per heavy atom. The van der Waals surface area contributed by atoms with Gasteiger partial charge in [-0.3, -0.25) is 0 Å². The van der Waals surface area contributed by atoms with Gasteiger partial charge in [-0.2, -0.15) is 0 Å². The molecule has 0 fully saturated rings. The van der Waals surface area contributed by atoms with Crippen molar-refractivity contribution in [2.45, 2.75) is 12.3 Å². The Morgan fingerprint density at radius 2 is 2.00 bits per heavy atom. The third-order valence-corrected chi connectivity index (χ3v) is 3.37. The van der Waals surface area contributed by atoms with E-state index in [0.29, 0.717) is 11.1 Å². The normalized spacial score (nSPS) is 10.4. The summed E-state index contributed by atoms with van der Waals surface area (Å²) in [5.74, 6) is 0.807. The second-order valence-electron chi connectivity index (χ2n) is 3.92. The van der Waals surface area contributed by atoms with Crippen LogP contribution in [0.4, 0.5) is 4.39 Å². The predicted molar refractivity (Wildman–Crippen MR) is 75.3 cm³/mol. The quantitative estimate of drug-likeness (QED) is 0.678. The third-order valence-electron chi connectivity index (χ3n) is 2.48. The van der Waals surface area contributed by atoms with E-state index in [1.807, 2.05) is 25.1 Å². The Labute approximate surface area is 119 Å². The minimum absolute atomic E-state index is 0.0556. The molecule has 0 N–H and O–H groups in total. The number of ether oxygens (including phenoxy) is 1. The molecule has 0 aliphatic heterocycles. The topological polar surface area (TPSA) is 9.23 Å². The van der Waals surface area contributed by atoms with Crippen molar-refractivity contribution in [3.05, 3.63) is 58.4 Å². The molecule has 94 valence electrons. The fraction of sp³-hybridized carbons (Fsp3) is 0.143. The molecule has 0 saturated heterocycles. The Balaban J connectivity index is 2.30. The van der Waals surface area contributed by atoms with Crippen LogP contribution in [-0.4, -0.2) is 0 Å². The molecule has 0 aliphatic rings. The van der Waals surface area contributed by atoms with Crippen molar-refractivity contribution in [3.8, 4) is 11.5 Å². The molecule has 0 heterocycles. The highest BCUT2D eigenvalue weighted by Gasteiger charge is 2.06. The molecule has 0 unspecified atom stereocenters. The zero-order valence-corrected chi connectivity index (χ0v) is 12.1. The smallest absolute Gasteiger partial charge is 0.142 e.